The van der Waals surface area contributed by atoms with E-state index in [0.717, 1.165) is 46.7 Å². The number of nitrogens with zero attached hydrogens (tertiary/aromatic N) is 2. The highest BCUT2D eigenvalue weighted by molar-refractivity contribution is 7.90. The van der Waals surface area contributed by atoms with Crippen LogP contribution in [0.3, 0.4) is 0 Å². The lowest BCUT2D eigenvalue weighted by molar-refractivity contribution is -0.112. The smallest absolute Gasteiger partial charge is 0.296 e. The number of pyridine rings is 1. The van der Waals surface area contributed by atoms with E-state index in [2.05, 4.69) is 10.3 Å². The Bertz CT molecular complexity index is 1410. The molecule has 0 atom stereocenters. The van der Waals surface area contributed by atoms with Gasteiger partial charge in [0.05, 0.1) is 27.9 Å². The minimum absolute atomic E-state index is 0.0995. The standard InChI is InChI=1S/C21H13F2N3O4S/c22-13-5-8-15(9-6-13)31(29,30)26-12-17(16-3-1-2-4-18(16)26)20(27)21(28)25-14-7-10-19(23)24-11-14/h1-12H,(H,25,28). The molecule has 31 heavy (non-hydrogen) atoms. The number of para-hydroxylation sites is 1. The minimum atomic E-state index is -4.17. The van der Waals surface area contributed by atoms with E-state index in [-0.39, 0.29) is 27.0 Å². The van der Waals surface area contributed by atoms with Crippen LogP contribution in [-0.4, -0.2) is 29.1 Å². The van der Waals surface area contributed by atoms with E-state index in [9.17, 15) is 26.8 Å². The maximum Gasteiger partial charge on any atom is 0.296 e. The average Bonchev–Trinajstić information content (AvgIpc) is 3.15. The quantitative estimate of drug-likeness (QED) is 0.291. The van der Waals surface area contributed by atoms with E-state index in [1.807, 2.05) is 0 Å². The van der Waals surface area contributed by atoms with E-state index >= 15 is 0 Å². The second-order valence-corrected chi connectivity index (χ2v) is 8.28. The van der Waals surface area contributed by atoms with Gasteiger partial charge in [0.2, 0.25) is 5.95 Å². The van der Waals surface area contributed by atoms with Gasteiger partial charge in [-0.15, -0.1) is 0 Å². The Hall–Kier alpha value is -3.92. The van der Waals surface area contributed by atoms with Gasteiger partial charge in [0.25, 0.3) is 21.7 Å². The summed E-state index contributed by atoms with van der Waals surface area (Å²) in [5.74, 6) is -3.39. The molecule has 0 spiro atoms. The van der Waals surface area contributed by atoms with Crippen molar-refractivity contribution in [2.45, 2.75) is 4.90 Å². The summed E-state index contributed by atoms with van der Waals surface area (Å²) in [6.45, 7) is 0. The Morgan fingerprint density at radius 1 is 0.935 bits per heavy atom. The number of hydrogen-bond acceptors (Lipinski definition) is 5. The van der Waals surface area contributed by atoms with Crippen molar-refractivity contribution in [1.82, 2.24) is 8.96 Å². The molecule has 1 amide bonds. The molecule has 2 aromatic heterocycles. The van der Waals surface area contributed by atoms with Crippen molar-refractivity contribution in [2.75, 3.05) is 5.32 Å². The molecule has 0 bridgehead atoms. The van der Waals surface area contributed by atoms with Gasteiger partial charge in [0, 0.05) is 11.6 Å². The zero-order chi connectivity index (χ0) is 22.2. The SMILES string of the molecule is O=C(Nc1ccc(F)nc1)C(=O)c1cn(S(=O)(=O)c2ccc(F)cc2)c2ccccc12. The fourth-order valence-corrected chi connectivity index (χ4v) is 4.38. The molecule has 0 saturated heterocycles. The highest BCUT2D eigenvalue weighted by atomic mass is 32.2. The predicted octanol–water partition coefficient (Wildman–Crippen LogP) is 3.37. The van der Waals surface area contributed by atoms with Crippen LogP contribution in [0.2, 0.25) is 0 Å². The summed E-state index contributed by atoms with van der Waals surface area (Å²) in [6.07, 6.45) is 2.09. The first-order valence-corrected chi connectivity index (χ1v) is 10.3. The van der Waals surface area contributed by atoms with Crippen molar-refractivity contribution in [3.8, 4) is 0 Å². The Morgan fingerprint density at radius 2 is 1.65 bits per heavy atom. The largest absolute Gasteiger partial charge is 0.318 e. The molecule has 10 heteroatoms. The summed E-state index contributed by atoms with van der Waals surface area (Å²) in [7, 11) is -4.17. The van der Waals surface area contributed by atoms with Crippen LogP contribution in [0.5, 0.6) is 0 Å². The average molecular weight is 441 g/mol. The molecule has 0 fully saturated rings. The first-order valence-electron chi connectivity index (χ1n) is 8.86. The Labute approximate surface area is 175 Å². The van der Waals surface area contributed by atoms with Gasteiger partial charge in [-0.25, -0.2) is 21.8 Å². The molecule has 4 aromatic rings. The Kier molecular flexibility index (Phi) is 5.07. The monoisotopic (exact) mass is 441 g/mol. The van der Waals surface area contributed by atoms with Crippen LogP contribution < -0.4 is 5.32 Å². The lowest BCUT2D eigenvalue weighted by atomic mass is 10.1. The lowest BCUT2D eigenvalue weighted by Crippen LogP contribution is -2.23. The van der Waals surface area contributed by atoms with E-state index in [0.29, 0.717) is 0 Å². The first kappa shape index (κ1) is 20.4. The molecule has 0 unspecified atom stereocenters. The van der Waals surface area contributed by atoms with E-state index in [4.69, 9.17) is 0 Å². The highest BCUT2D eigenvalue weighted by Gasteiger charge is 2.26. The van der Waals surface area contributed by atoms with Gasteiger partial charge in [0.1, 0.15) is 5.82 Å². The molecule has 2 aromatic carbocycles. The van der Waals surface area contributed by atoms with Gasteiger partial charge in [0.15, 0.2) is 0 Å². The van der Waals surface area contributed by atoms with Gasteiger partial charge in [-0.05, 0) is 42.5 Å². The number of Topliss-reactive ketones (excluding diaryl/α,β-unsaturated/α-hetero) is 1. The Balaban J connectivity index is 1.76. The molecule has 0 aliphatic heterocycles. The van der Waals surface area contributed by atoms with Crippen molar-refractivity contribution < 1.29 is 26.8 Å². The highest BCUT2D eigenvalue weighted by Crippen LogP contribution is 2.27. The van der Waals surface area contributed by atoms with Crippen molar-refractivity contribution >= 4 is 38.3 Å². The summed E-state index contributed by atoms with van der Waals surface area (Å²) in [4.78, 5) is 28.4. The van der Waals surface area contributed by atoms with Crippen LogP contribution in [0.15, 0.2) is 78.0 Å². The summed E-state index contributed by atoms with van der Waals surface area (Å²) in [5, 5.41) is 2.54. The number of halogens is 2. The third-order valence-corrected chi connectivity index (χ3v) is 6.17. The maximum atomic E-state index is 13.2. The number of benzene rings is 2. The van der Waals surface area contributed by atoms with Crippen LogP contribution >= 0.6 is 0 Å². The molecule has 156 valence electrons. The summed E-state index contributed by atoms with van der Waals surface area (Å²) < 4.78 is 53.2. The fraction of sp³-hybridized carbons (Fsp3) is 0. The fourth-order valence-electron chi connectivity index (χ4n) is 3.01. The van der Waals surface area contributed by atoms with Crippen LogP contribution in [-0.2, 0) is 14.8 Å². The van der Waals surface area contributed by atoms with Crippen molar-refractivity contribution in [1.29, 1.82) is 0 Å². The van der Waals surface area contributed by atoms with E-state index in [1.54, 1.807) is 12.1 Å². The first-order chi connectivity index (χ1) is 14.8. The van der Waals surface area contributed by atoms with Gasteiger partial charge in [-0.2, -0.15) is 4.39 Å². The molecule has 0 saturated carbocycles. The number of nitrogens with one attached hydrogen (secondary N) is 1. The van der Waals surface area contributed by atoms with Crippen molar-refractivity contribution in [3.05, 3.63) is 90.4 Å². The number of rotatable bonds is 5. The van der Waals surface area contributed by atoms with Gasteiger partial charge in [-0.3, -0.25) is 9.59 Å². The van der Waals surface area contributed by atoms with Crippen molar-refractivity contribution in [2.24, 2.45) is 0 Å². The van der Waals surface area contributed by atoms with E-state index in [1.165, 1.54) is 18.2 Å². The molecule has 7 nitrogen and oxygen atoms in total. The zero-order valence-electron chi connectivity index (χ0n) is 15.6. The number of amides is 1. The molecular weight excluding hydrogens is 428 g/mol. The summed E-state index contributed by atoms with van der Waals surface area (Å²) in [5.41, 5.74) is 0.128. The lowest BCUT2D eigenvalue weighted by Gasteiger charge is -2.07. The van der Waals surface area contributed by atoms with Gasteiger partial charge < -0.3 is 5.32 Å². The van der Waals surface area contributed by atoms with Gasteiger partial charge in [-0.1, -0.05) is 18.2 Å². The summed E-state index contributed by atoms with van der Waals surface area (Å²) >= 11 is 0. The van der Waals surface area contributed by atoms with Crippen LogP contribution in [0.4, 0.5) is 14.5 Å². The van der Waals surface area contributed by atoms with Crippen LogP contribution in [0.25, 0.3) is 10.9 Å². The number of carbonyl (C=O) groups is 2. The van der Waals surface area contributed by atoms with Crippen molar-refractivity contribution in [3.63, 3.8) is 0 Å². The molecule has 0 aliphatic carbocycles. The number of fused-ring (bicyclic) bond motifs is 1. The third kappa shape index (κ3) is 3.80. The molecule has 0 radical (unpaired) electrons. The molecule has 4 rings (SSSR count). The third-order valence-electron chi connectivity index (χ3n) is 4.48. The topological polar surface area (TPSA) is 98.1 Å². The maximum absolute atomic E-state index is 13.2. The number of anilines is 1. The molecule has 2 heterocycles. The van der Waals surface area contributed by atoms with Gasteiger partial charge >= 0.3 is 0 Å². The van der Waals surface area contributed by atoms with E-state index < -0.39 is 33.5 Å². The normalized spacial score (nSPS) is 11.4. The molecular formula is C21H13F2N3O4S. The van der Waals surface area contributed by atoms with Crippen LogP contribution in [0, 0.1) is 11.8 Å². The number of hydrogen-bond donors (Lipinski definition) is 1. The minimum Gasteiger partial charge on any atom is -0.318 e. The Morgan fingerprint density at radius 3 is 2.32 bits per heavy atom. The zero-order valence-corrected chi connectivity index (χ0v) is 16.4. The predicted molar refractivity (Wildman–Crippen MR) is 108 cm³/mol. The second kappa shape index (κ2) is 7.73. The molecule has 1 N–H and O–H groups in total. The second-order valence-electron chi connectivity index (χ2n) is 6.47. The summed E-state index contributed by atoms with van der Waals surface area (Å²) in [6, 6.07) is 12.6. The number of ketones is 1. The van der Waals surface area contributed by atoms with Crippen LogP contribution in [0.1, 0.15) is 10.4 Å². The number of carbonyl (C=O) groups excluding carboxylic acids is 2. The number of aromatic nitrogens is 2. The molecule has 0 aliphatic rings.